The van der Waals surface area contributed by atoms with Crippen LogP contribution in [0.2, 0.25) is 5.02 Å². The normalized spacial score (nSPS) is 14.8. The molecule has 1 aliphatic rings. The Balaban J connectivity index is 1.68. The lowest BCUT2D eigenvalue weighted by Crippen LogP contribution is -2.40. The van der Waals surface area contributed by atoms with E-state index in [1.54, 1.807) is 6.92 Å². The molecular weight excluding hydrogens is 451 g/mol. The van der Waals surface area contributed by atoms with Crippen LogP contribution < -0.4 is 5.32 Å². The molecule has 31 heavy (non-hydrogen) atoms. The van der Waals surface area contributed by atoms with Gasteiger partial charge in [-0.1, -0.05) is 17.7 Å². The van der Waals surface area contributed by atoms with Gasteiger partial charge in [0.05, 0.1) is 34.4 Å². The molecule has 8 nitrogen and oxygen atoms in total. The number of aryl methyl sites for hydroxylation is 1. The predicted molar refractivity (Wildman–Crippen MR) is 111 cm³/mol. The van der Waals surface area contributed by atoms with Gasteiger partial charge in [-0.2, -0.15) is 4.31 Å². The summed E-state index contributed by atoms with van der Waals surface area (Å²) in [6, 6.07) is 7.59. The van der Waals surface area contributed by atoms with Gasteiger partial charge in [0.25, 0.3) is 5.91 Å². The van der Waals surface area contributed by atoms with Crippen LogP contribution in [-0.2, 0) is 24.3 Å². The highest BCUT2D eigenvalue weighted by Gasteiger charge is 2.27. The lowest BCUT2D eigenvalue weighted by molar-refractivity contribution is -0.119. The number of benzene rings is 2. The molecule has 1 saturated heterocycles. The molecular formula is C20H20ClFN2O6S. The second-order valence-electron chi connectivity index (χ2n) is 6.74. The summed E-state index contributed by atoms with van der Waals surface area (Å²) in [4.78, 5) is 24.3. The van der Waals surface area contributed by atoms with Crippen molar-refractivity contribution in [2.75, 3.05) is 38.2 Å². The molecule has 0 spiro atoms. The molecule has 0 unspecified atom stereocenters. The Morgan fingerprint density at radius 1 is 1.19 bits per heavy atom. The highest BCUT2D eigenvalue weighted by Crippen LogP contribution is 2.27. The number of carbonyl (C=O) groups is 2. The number of sulfonamides is 1. The molecule has 0 radical (unpaired) electrons. The fourth-order valence-electron chi connectivity index (χ4n) is 2.91. The third kappa shape index (κ3) is 5.59. The van der Waals surface area contributed by atoms with Crippen LogP contribution in [0.25, 0.3) is 0 Å². The van der Waals surface area contributed by atoms with E-state index in [1.165, 1.54) is 34.6 Å². The van der Waals surface area contributed by atoms with E-state index < -0.39 is 34.3 Å². The van der Waals surface area contributed by atoms with E-state index in [0.29, 0.717) is 18.8 Å². The molecule has 0 aliphatic carbocycles. The first kappa shape index (κ1) is 23.1. The Bertz CT molecular complexity index is 1100. The van der Waals surface area contributed by atoms with Crippen molar-refractivity contribution in [3.8, 4) is 0 Å². The molecule has 1 heterocycles. The molecule has 1 aliphatic heterocycles. The number of halogens is 2. The van der Waals surface area contributed by atoms with Crippen molar-refractivity contribution in [2.45, 2.75) is 11.8 Å². The lowest BCUT2D eigenvalue weighted by atomic mass is 10.1. The number of ether oxygens (including phenoxy) is 2. The van der Waals surface area contributed by atoms with Gasteiger partial charge in [0.15, 0.2) is 6.61 Å². The molecule has 0 aromatic heterocycles. The zero-order valence-corrected chi connectivity index (χ0v) is 18.1. The van der Waals surface area contributed by atoms with E-state index in [9.17, 15) is 22.4 Å². The Morgan fingerprint density at radius 3 is 2.61 bits per heavy atom. The quantitative estimate of drug-likeness (QED) is 0.651. The number of nitrogens with one attached hydrogen (secondary N) is 1. The summed E-state index contributed by atoms with van der Waals surface area (Å²) < 4.78 is 50.3. The zero-order chi connectivity index (χ0) is 22.6. The number of morpholine rings is 1. The molecule has 11 heteroatoms. The van der Waals surface area contributed by atoms with Crippen LogP contribution >= 0.6 is 11.6 Å². The first-order valence-electron chi connectivity index (χ1n) is 9.29. The molecule has 0 saturated carbocycles. The maximum absolute atomic E-state index is 13.3. The summed E-state index contributed by atoms with van der Waals surface area (Å²) in [7, 11) is -3.79. The summed E-state index contributed by atoms with van der Waals surface area (Å²) in [5.41, 5.74) is 0.555. The zero-order valence-electron chi connectivity index (χ0n) is 16.6. The minimum atomic E-state index is -3.79. The van der Waals surface area contributed by atoms with E-state index in [-0.39, 0.29) is 34.3 Å². The predicted octanol–water partition coefficient (Wildman–Crippen LogP) is 2.60. The highest BCUT2D eigenvalue weighted by atomic mass is 35.5. The van der Waals surface area contributed by atoms with Gasteiger partial charge in [0.2, 0.25) is 10.0 Å². The van der Waals surface area contributed by atoms with Gasteiger partial charge in [0.1, 0.15) is 5.82 Å². The molecule has 0 atom stereocenters. The average Bonchev–Trinajstić information content (AvgIpc) is 2.75. The first-order valence-corrected chi connectivity index (χ1v) is 11.1. The second kappa shape index (κ2) is 9.73. The van der Waals surface area contributed by atoms with Crippen LogP contribution in [0.5, 0.6) is 0 Å². The van der Waals surface area contributed by atoms with Gasteiger partial charge in [-0.15, -0.1) is 0 Å². The van der Waals surface area contributed by atoms with Crippen molar-refractivity contribution in [1.82, 2.24) is 4.31 Å². The summed E-state index contributed by atoms with van der Waals surface area (Å²) in [6.45, 7) is 1.99. The van der Waals surface area contributed by atoms with Crippen molar-refractivity contribution in [2.24, 2.45) is 0 Å². The molecule has 2 aromatic carbocycles. The van der Waals surface area contributed by atoms with Gasteiger partial charge in [-0.25, -0.2) is 17.6 Å². The summed E-state index contributed by atoms with van der Waals surface area (Å²) >= 11 is 6.08. The number of hydrogen-bond donors (Lipinski definition) is 1. The van der Waals surface area contributed by atoms with E-state index in [4.69, 9.17) is 21.1 Å². The average molecular weight is 471 g/mol. The molecule has 166 valence electrons. The monoisotopic (exact) mass is 470 g/mol. The summed E-state index contributed by atoms with van der Waals surface area (Å²) in [5, 5.41) is 2.54. The Hall–Kier alpha value is -2.53. The van der Waals surface area contributed by atoms with Crippen molar-refractivity contribution < 1.29 is 31.9 Å². The van der Waals surface area contributed by atoms with Crippen molar-refractivity contribution in [3.05, 3.63) is 58.4 Å². The standard InChI is InChI=1S/C20H20ClFN2O6S/c1-13-2-3-14(22)10-16(13)20(26)30-12-19(25)23-18-11-15(4-5-17(18)21)31(27,28)24-6-8-29-9-7-24/h2-5,10-11H,6-9,12H2,1H3,(H,23,25). The number of amides is 1. The van der Waals surface area contributed by atoms with E-state index in [1.807, 2.05) is 0 Å². The van der Waals surface area contributed by atoms with Crippen LogP contribution in [0.15, 0.2) is 41.3 Å². The fraction of sp³-hybridized carbons (Fsp3) is 0.300. The smallest absolute Gasteiger partial charge is 0.339 e. The van der Waals surface area contributed by atoms with Crippen molar-refractivity contribution >= 4 is 39.2 Å². The highest BCUT2D eigenvalue weighted by molar-refractivity contribution is 7.89. The number of nitrogens with zero attached hydrogens (tertiary/aromatic N) is 1. The largest absolute Gasteiger partial charge is 0.452 e. The number of anilines is 1. The van der Waals surface area contributed by atoms with Gasteiger partial charge in [-0.05, 0) is 42.8 Å². The van der Waals surface area contributed by atoms with E-state index in [0.717, 1.165) is 6.07 Å². The van der Waals surface area contributed by atoms with Crippen molar-refractivity contribution in [3.63, 3.8) is 0 Å². The maximum Gasteiger partial charge on any atom is 0.339 e. The van der Waals surface area contributed by atoms with E-state index >= 15 is 0 Å². The van der Waals surface area contributed by atoms with Gasteiger partial charge in [-0.3, -0.25) is 4.79 Å². The molecule has 0 bridgehead atoms. The molecule has 2 aromatic rings. The third-order valence-electron chi connectivity index (χ3n) is 4.57. The first-order chi connectivity index (χ1) is 14.7. The minimum Gasteiger partial charge on any atom is -0.452 e. The Labute approximate surface area is 183 Å². The van der Waals surface area contributed by atoms with Gasteiger partial charge < -0.3 is 14.8 Å². The molecule has 1 fully saturated rings. The summed E-state index contributed by atoms with van der Waals surface area (Å²) in [5.74, 6) is -2.20. The van der Waals surface area contributed by atoms with Gasteiger partial charge in [0, 0.05) is 13.1 Å². The SMILES string of the molecule is Cc1ccc(F)cc1C(=O)OCC(=O)Nc1cc(S(=O)(=O)N2CCOCC2)ccc1Cl. The third-order valence-corrected chi connectivity index (χ3v) is 6.80. The van der Waals surface area contributed by atoms with Crippen LogP contribution in [-0.4, -0.2) is 57.5 Å². The van der Waals surface area contributed by atoms with Gasteiger partial charge >= 0.3 is 5.97 Å². The Morgan fingerprint density at radius 2 is 1.90 bits per heavy atom. The summed E-state index contributed by atoms with van der Waals surface area (Å²) in [6.07, 6.45) is 0. The number of esters is 1. The fourth-order valence-corrected chi connectivity index (χ4v) is 4.51. The van der Waals surface area contributed by atoms with Crippen LogP contribution in [0.1, 0.15) is 15.9 Å². The maximum atomic E-state index is 13.3. The molecule has 1 amide bonds. The van der Waals surface area contributed by atoms with E-state index in [2.05, 4.69) is 5.32 Å². The molecule has 1 N–H and O–H groups in total. The van der Waals surface area contributed by atoms with Crippen LogP contribution in [0.3, 0.4) is 0 Å². The minimum absolute atomic E-state index is 0.00411. The lowest BCUT2D eigenvalue weighted by Gasteiger charge is -2.26. The van der Waals surface area contributed by atoms with Crippen LogP contribution in [0, 0.1) is 12.7 Å². The topological polar surface area (TPSA) is 102 Å². The second-order valence-corrected chi connectivity index (χ2v) is 9.09. The molecule has 3 rings (SSSR count). The number of carbonyl (C=O) groups excluding carboxylic acids is 2. The van der Waals surface area contributed by atoms with Crippen molar-refractivity contribution in [1.29, 1.82) is 0 Å². The number of rotatable bonds is 6. The van der Waals surface area contributed by atoms with Crippen LogP contribution in [0.4, 0.5) is 10.1 Å². The number of hydrogen-bond acceptors (Lipinski definition) is 6. The Kier molecular flexibility index (Phi) is 7.26.